The lowest BCUT2D eigenvalue weighted by atomic mass is 9.39. The van der Waals surface area contributed by atoms with Gasteiger partial charge in [0.05, 0.1) is 24.7 Å². The van der Waals surface area contributed by atoms with Crippen LogP contribution in [0.2, 0.25) is 0 Å². The van der Waals surface area contributed by atoms with Crippen LogP contribution >= 0.6 is 0 Å². The van der Waals surface area contributed by atoms with Gasteiger partial charge in [0.25, 0.3) is 0 Å². The van der Waals surface area contributed by atoms with Crippen LogP contribution in [0.4, 0.5) is 0 Å². The van der Waals surface area contributed by atoms with Crippen LogP contribution in [0, 0.1) is 22.7 Å². The monoisotopic (exact) mass is 434 g/mol. The number of esters is 2. The number of Topliss-reactive ketones (excluding diaryl/α,β-unsaturated/α-hetero) is 1. The summed E-state index contributed by atoms with van der Waals surface area (Å²) in [7, 11) is 1.26. The average molecular weight is 434 g/mol. The summed E-state index contributed by atoms with van der Waals surface area (Å²) in [6.07, 6.45) is -0.401. The number of carbonyl (C=O) groups excluding carboxylic acids is 3. The summed E-state index contributed by atoms with van der Waals surface area (Å²) in [5.41, 5.74) is -3.51. The molecule has 0 unspecified atom stereocenters. The minimum Gasteiger partial charge on any atom is -0.469 e. The summed E-state index contributed by atoms with van der Waals surface area (Å²) < 4.78 is 16.3. The van der Waals surface area contributed by atoms with Gasteiger partial charge in [0.1, 0.15) is 29.4 Å². The van der Waals surface area contributed by atoms with Crippen molar-refractivity contribution in [2.24, 2.45) is 22.7 Å². The standard InChI is InChI=1S/C23H30O8/c1-11(24)31-18-17-13(10-14-12(7-9-30-14)16(17)20(27)29-5)22(4)15(25)6-8-21(2,3)23(22,28)19(18)26/h7,9,13,16-19,26,28H,6,8,10H2,1-5H3/t13-,16+,17-,18+,19-,22-,23+/m0/s1. The van der Waals surface area contributed by atoms with Crippen LogP contribution in [0.5, 0.6) is 0 Å². The van der Waals surface area contributed by atoms with Gasteiger partial charge >= 0.3 is 11.9 Å². The Kier molecular flexibility index (Phi) is 4.90. The molecule has 1 aromatic rings. The molecule has 3 aliphatic rings. The fraction of sp³-hybridized carbons (Fsp3) is 0.696. The van der Waals surface area contributed by atoms with Crippen LogP contribution in [0.15, 0.2) is 16.7 Å². The molecule has 0 saturated heterocycles. The Morgan fingerprint density at radius 2 is 1.94 bits per heavy atom. The Morgan fingerprint density at radius 3 is 2.55 bits per heavy atom. The number of carbonyl (C=O) groups is 3. The molecule has 0 radical (unpaired) electrons. The molecule has 2 fully saturated rings. The smallest absolute Gasteiger partial charge is 0.313 e. The predicted molar refractivity (Wildman–Crippen MR) is 107 cm³/mol. The highest BCUT2D eigenvalue weighted by Gasteiger charge is 2.76. The molecule has 3 aliphatic carbocycles. The number of furan rings is 1. The summed E-state index contributed by atoms with van der Waals surface area (Å²) in [4.78, 5) is 38.4. The van der Waals surface area contributed by atoms with Crippen LogP contribution in [-0.2, 0) is 30.3 Å². The average Bonchev–Trinajstić information content (AvgIpc) is 3.18. The Hall–Kier alpha value is -2.19. The molecule has 0 amide bonds. The largest absolute Gasteiger partial charge is 0.469 e. The number of hydrogen-bond donors (Lipinski definition) is 2. The summed E-state index contributed by atoms with van der Waals surface area (Å²) in [5.74, 6) is -3.14. The van der Waals surface area contributed by atoms with Crippen molar-refractivity contribution >= 4 is 17.7 Å². The van der Waals surface area contributed by atoms with E-state index in [0.29, 0.717) is 17.7 Å². The highest BCUT2D eigenvalue weighted by atomic mass is 16.6. The second-order valence-electron chi connectivity index (χ2n) is 9.98. The van der Waals surface area contributed by atoms with Gasteiger partial charge in [-0.1, -0.05) is 13.8 Å². The fourth-order valence-electron chi connectivity index (χ4n) is 6.76. The van der Waals surface area contributed by atoms with E-state index in [4.69, 9.17) is 13.9 Å². The summed E-state index contributed by atoms with van der Waals surface area (Å²) in [6, 6.07) is 1.67. The van der Waals surface area contributed by atoms with Crippen molar-refractivity contribution in [2.45, 2.75) is 70.7 Å². The zero-order chi connectivity index (χ0) is 22.9. The minimum atomic E-state index is -1.87. The summed E-state index contributed by atoms with van der Waals surface area (Å²) in [5, 5.41) is 23.7. The first-order valence-corrected chi connectivity index (χ1v) is 10.7. The first-order valence-electron chi connectivity index (χ1n) is 10.7. The van der Waals surface area contributed by atoms with Crippen LogP contribution in [0.3, 0.4) is 0 Å². The van der Waals surface area contributed by atoms with Crippen LogP contribution in [0.25, 0.3) is 0 Å². The zero-order valence-corrected chi connectivity index (χ0v) is 18.5. The molecule has 0 aromatic carbocycles. The lowest BCUT2D eigenvalue weighted by Gasteiger charge is -2.67. The van der Waals surface area contributed by atoms with Gasteiger partial charge in [-0.2, -0.15) is 0 Å². The molecular formula is C23H30O8. The topological polar surface area (TPSA) is 123 Å². The van der Waals surface area contributed by atoms with E-state index in [9.17, 15) is 24.6 Å². The first kappa shape index (κ1) is 22.0. The van der Waals surface area contributed by atoms with Gasteiger partial charge in [0.15, 0.2) is 0 Å². The first-order chi connectivity index (χ1) is 14.4. The highest BCUT2D eigenvalue weighted by Crippen LogP contribution is 2.66. The van der Waals surface area contributed by atoms with E-state index in [2.05, 4.69) is 0 Å². The van der Waals surface area contributed by atoms with E-state index in [1.54, 1.807) is 13.0 Å². The fourth-order valence-corrected chi connectivity index (χ4v) is 6.76. The van der Waals surface area contributed by atoms with E-state index in [0.717, 1.165) is 0 Å². The number of aliphatic hydroxyl groups excluding tert-OH is 1. The van der Waals surface area contributed by atoms with Crippen molar-refractivity contribution in [3.8, 4) is 0 Å². The lowest BCUT2D eigenvalue weighted by Crippen LogP contribution is -2.79. The molecule has 4 rings (SSSR count). The SMILES string of the molecule is COC(=O)[C@@H]1c2ccoc2C[C@H]2[C@@H]1[C@@H](OC(C)=O)[C@H](O)[C@@]1(O)C(C)(C)CCC(=O)[C@]21C. The summed E-state index contributed by atoms with van der Waals surface area (Å²) in [6.45, 7) is 6.51. The van der Waals surface area contributed by atoms with Crippen molar-refractivity contribution in [1.82, 2.24) is 0 Å². The van der Waals surface area contributed by atoms with Gasteiger partial charge in [-0.25, -0.2) is 0 Å². The second-order valence-corrected chi connectivity index (χ2v) is 9.98. The lowest BCUT2D eigenvalue weighted by molar-refractivity contribution is -0.300. The third kappa shape index (κ3) is 2.64. The van der Waals surface area contributed by atoms with Gasteiger partial charge in [-0.15, -0.1) is 0 Å². The molecule has 1 heterocycles. The molecule has 0 aliphatic heterocycles. The third-order valence-electron chi connectivity index (χ3n) is 8.37. The number of ether oxygens (including phenoxy) is 2. The maximum atomic E-state index is 13.4. The highest BCUT2D eigenvalue weighted by molar-refractivity contribution is 5.89. The van der Waals surface area contributed by atoms with E-state index in [1.165, 1.54) is 20.3 Å². The Bertz CT molecular complexity index is 932. The molecule has 8 heteroatoms. The molecule has 1 aromatic heterocycles. The Labute approximate surface area is 180 Å². The molecule has 2 N–H and O–H groups in total. The third-order valence-corrected chi connectivity index (χ3v) is 8.37. The molecule has 31 heavy (non-hydrogen) atoms. The molecule has 8 nitrogen and oxygen atoms in total. The maximum absolute atomic E-state index is 13.4. The number of aliphatic hydroxyl groups is 2. The molecular weight excluding hydrogens is 404 g/mol. The number of hydrogen-bond acceptors (Lipinski definition) is 8. The van der Waals surface area contributed by atoms with Crippen LogP contribution in [-0.4, -0.2) is 52.9 Å². The number of ketones is 1. The molecule has 7 atom stereocenters. The summed E-state index contributed by atoms with van der Waals surface area (Å²) >= 11 is 0. The van der Waals surface area contributed by atoms with Crippen LogP contribution in [0.1, 0.15) is 57.8 Å². The van der Waals surface area contributed by atoms with Crippen molar-refractivity contribution in [2.75, 3.05) is 7.11 Å². The van der Waals surface area contributed by atoms with E-state index < -0.39 is 58.3 Å². The van der Waals surface area contributed by atoms with Crippen LogP contribution < -0.4 is 0 Å². The van der Waals surface area contributed by atoms with E-state index in [-0.39, 0.29) is 18.6 Å². The quantitative estimate of drug-likeness (QED) is 0.675. The molecule has 170 valence electrons. The van der Waals surface area contributed by atoms with Gasteiger partial charge in [-0.3, -0.25) is 14.4 Å². The van der Waals surface area contributed by atoms with Crippen molar-refractivity contribution in [3.05, 3.63) is 23.7 Å². The maximum Gasteiger partial charge on any atom is 0.313 e. The zero-order valence-electron chi connectivity index (χ0n) is 18.5. The van der Waals surface area contributed by atoms with Crippen molar-refractivity contribution < 1.29 is 38.5 Å². The second kappa shape index (κ2) is 6.90. The number of fused-ring (bicyclic) bond motifs is 4. The van der Waals surface area contributed by atoms with E-state index in [1.807, 2.05) is 13.8 Å². The Balaban J connectivity index is 2.00. The number of methoxy groups -OCH3 is 1. The van der Waals surface area contributed by atoms with Gasteiger partial charge < -0.3 is 24.1 Å². The van der Waals surface area contributed by atoms with Crippen molar-refractivity contribution in [3.63, 3.8) is 0 Å². The molecule has 0 spiro atoms. The molecule has 0 bridgehead atoms. The van der Waals surface area contributed by atoms with Gasteiger partial charge in [0, 0.05) is 31.2 Å². The predicted octanol–water partition coefficient (Wildman–Crippen LogP) is 1.76. The normalized spacial score (nSPS) is 40.9. The van der Waals surface area contributed by atoms with Gasteiger partial charge in [0.2, 0.25) is 0 Å². The van der Waals surface area contributed by atoms with E-state index >= 15 is 0 Å². The Morgan fingerprint density at radius 1 is 1.26 bits per heavy atom. The minimum absolute atomic E-state index is 0.178. The van der Waals surface area contributed by atoms with Gasteiger partial charge in [-0.05, 0) is 30.7 Å². The molecule has 2 saturated carbocycles. The van der Waals surface area contributed by atoms with Crippen molar-refractivity contribution in [1.29, 1.82) is 0 Å². The number of rotatable bonds is 2.